The molecule has 1 saturated carbocycles. The second-order valence-corrected chi connectivity index (χ2v) is 4.48. The molecular weight excluding hydrogens is 159 g/mol. The Balaban J connectivity index is 2.43. The van der Waals surface area contributed by atoms with Crippen molar-refractivity contribution in [2.24, 2.45) is 0 Å². The molecule has 0 bridgehead atoms. The predicted molar refractivity (Wildman–Crippen MR) is 59.3 cm³/mol. The molecule has 0 amide bonds. The lowest BCUT2D eigenvalue weighted by Crippen LogP contribution is -2.29. The minimum absolute atomic E-state index is 0.519. The zero-order valence-corrected chi connectivity index (χ0v) is 9.38. The average Bonchev–Trinajstić information content (AvgIpc) is 2.20. The molecule has 76 valence electrons. The Hall–Kier alpha value is 0.0249. The quantitative estimate of drug-likeness (QED) is 0.601. The fraction of sp³-hybridized carbons (Fsp3) is 1.00. The first-order valence-electron chi connectivity index (χ1n) is 5.82. The third-order valence-electron chi connectivity index (χ3n) is 3.59. The van der Waals surface area contributed by atoms with E-state index in [0.29, 0.717) is 6.92 Å². The Kier molecular flexibility index (Phi) is 4.86. The highest BCUT2D eigenvalue weighted by Gasteiger charge is 2.31. The van der Waals surface area contributed by atoms with Crippen LogP contribution in [0.4, 0.5) is 0 Å². The second kappa shape index (κ2) is 5.69. The van der Waals surface area contributed by atoms with Gasteiger partial charge >= 0.3 is 0 Å². The smallest absolute Gasteiger partial charge is 0.298 e. The van der Waals surface area contributed by atoms with Crippen LogP contribution in [0.5, 0.6) is 0 Å². The van der Waals surface area contributed by atoms with Gasteiger partial charge in [0.05, 0.1) is 0 Å². The third-order valence-corrected chi connectivity index (χ3v) is 3.59. The van der Waals surface area contributed by atoms with Gasteiger partial charge in [0, 0.05) is 7.11 Å². The molecule has 0 spiro atoms. The minimum atomic E-state index is 0.519. The summed E-state index contributed by atoms with van der Waals surface area (Å²) in [6.45, 7) is 5.10. The molecule has 0 aromatic heterocycles. The molecular formula is C11H23BO. The van der Waals surface area contributed by atoms with Crippen LogP contribution in [0.15, 0.2) is 0 Å². The first-order chi connectivity index (χ1) is 6.29. The van der Waals surface area contributed by atoms with Crippen LogP contribution in [0.25, 0.3) is 0 Å². The van der Waals surface area contributed by atoms with E-state index in [-0.39, 0.29) is 0 Å². The lowest BCUT2D eigenvalue weighted by molar-refractivity contribution is 0.367. The lowest BCUT2D eigenvalue weighted by atomic mass is 9.44. The number of hydrogen-bond donors (Lipinski definition) is 0. The third kappa shape index (κ3) is 3.01. The molecule has 0 saturated heterocycles. The normalized spacial score (nSPS) is 21.5. The molecule has 1 rings (SSSR count). The summed E-state index contributed by atoms with van der Waals surface area (Å²) >= 11 is 0. The first kappa shape index (κ1) is 11.1. The fourth-order valence-electron chi connectivity index (χ4n) is 2.58. The maximum atomic E-state index is 5.64. The summed E-state index contributed by atoms with van der Waals surface area (Å²) in [4.78, 5) is 0. The fourth-order valence-corrected chi connectivity index (χ4v) is 2.58. The van der Waals surface area contributed by atoms with Gasteiger partial charge in [-0.3, -0.25) is 0 Å². The van der Waals surface area contributed by atoms with E-state index in [9.17, 15) is 0 Å². The van der Waals surface area contributed by atoms with Crippen molar-refractivity contribution in [2.45, 2.75) is 64.0 Å². The maximum Gasteiger partial charge on any atom is 0.298 e. The lowest BCUT2D eigenvalue weighted by Gasteiger charge is -2.29. The van der Waals surface area contributed by atoms with Crippen LogP contribution >= 0.6 is 0 Å². The van der Waals surface area contributed by atoms with Gasteiger partial charge in [0.2, 0.25) is 0 Å². The summed E-state index contributed by atoms with van der Waals surface area (Å²) in [5.41, 5.74) is 0. The first-order valence-corrected chi connectivity index (χ1v) is 5.82. The molecule has 2 heteroatoms. The van der Waals surface area contributed by atoms with Crippen molar-refractivity contribution in [1.82, 2.24) is 0 Å². The predicted octanol–water partition coefficient (Wildman–Crippen LogP) is 3.76. The summed E-state index contributed by atoms with van der Waals surface area (Å²) in [6, 6.07) is 0. The Labute approximate surface area is 83.4 Å². The summed E-state index contributed by atoms with van der Waals surface area (Å²) in [5.74, 6) is 1.57. The topological polar surface area (TPSA) is 9.23 Å². The highest BCUT2D eigenvalue weighted by Crippen LogP contribution is 2.36. The molecule has 1 nitrogen and oxygen atoms in total. The van der Waals surface area contributed by atoms with Crippen LogP contribution in [0.3, 0.4) is 0 Å². The second-order valence-electron chi connectivity index (χ2n) is 4.48. The minimum Gasteiger partial charge on any atom is -0.438 e. The molecule has 0 heterocycles. The molecule has 1 aliphatic carbocycles. The molecule has 0 radical (unpaired) electrons. The van der Waals surface area contributed by atoms with E-state index >= 15 is 0 Å². The summed E-state index contributed by atoms with van der Waals surface area (Å²) in [7, 11) is 1.88. The van der Waals surface area contributed by atoms with Gasteiger partial charge < -0.3 is 4.65 Å². The van der Waals surface area contributed by atoms with E-state index in [1.807, 2.05) is 7.11 Å². The Bertz CT molecular complexity index is 132. The maximum absolute atomic E-state index is 5.64. The highest BCUT2D eigenvalue weighted by atomic mass is 16.4. The van der Waals surface area contributed by atoms with Crippen molar-refractivity contribution < 1.29 is 4.65 Å². The van der Waals surface area contributed by atoms with Crippen molar-refractivity contribution in [3.63, 3.8) is 0 Å². The summed E-state index contributed by atoms with van der Waals surface area (Å²) in [5, 5.41) is 0. The van der Waals surface area contributed by atoms with Crippen LogP contribution in [-0.4, -0.2) is 14.0 Å². The Morgan fingerprint density at radius 2 is 1.92 bits per heavy atom. The van der Waals surface area contributed by atoms with Gasteiger partial charge in [-0.15, -0.1) is 0 Å². The monoisotopic (exact) mass is 182 g/mol. The van der Waals surface area contributed by atoms with E-state index in [1.54, 1.807) is 0 Å². The molecule has 0 aromatic carbocycles. The van der Waals surface area contributed by atoms with Crippen molar-refractivity contribution in [1.29, 1.82) is 0 Å². The van der Waals surface area contributed by atoms with Gasteiger partial charge in [0.1, 0.15) is 0 Å². The van der Waals surface area contributed by atoms with E-state index in [0.717, 1.165) is 11.6 Å². The highest BCUT2D eigenvalue weighted by molar-refractivity contribution is 6.55. The molecule has 1 unspecified atom stereocenters. The van der Waals surface area contributed by atoms with Gasteiger partial charge in [0.15, 0.2) is 0 Å². The van der Waals surface area contributed by atoms with Gasteiger partial charge in [-0.05, 0) is 11.6 Å². The van der Waals surface area contributed by atoms with Crippen molar-refractivity contribution in [3.05, 3.63) is 0 Å². The van der Waals surface area contributed by atoms with E-state index < -0.39 is 0 Å². The Morgan fingerprint density at radius 3 is 2.38 bits per heavy atom. The molecule has 0 aliphatic heterocycles. The molecule has 1 aliphatic rings. The number of hydrogen-bond acceptors (Lipinski definition) is 1. The van der Waals surface area contributed by atoms with Gasteiger partial charge in [-0.25, -0.2) is 0 Å². The molecule has 13 heavy (non-hydrogen) atoms. The SMILES string of the molecule is CCC(C)B(OC)C1CCCCC1. The van der Waals surface area contributed by atoms with Crippen molar-refractivity contribution >= 4 is 6.92 Å². The zero-order chi connectivity index (χ0) is 9.68. The van der Waals surface area contributed by atoms with Gasteiger partial charge in [-0.2, -0.15) is 0 Å². The zero-order valence-electron chi connectivity index (χ0n) is 9.38. The number of rotatable bonds is 4. The van der Waals surface area contributed by atoms with Crippen LogP contribution in [0.1, 0.15) is 52.4 Å². The van der Waals surface area contributed by atoms with Crippen molar-refractivity contribution in [2.75, 3.05) is 7.11 Å². The van der Waals surface area contributed by atoms with Crippen LogP contribution < -0.4 is 0 Å². The van der Waals surface area contributed by atoms with Crippen LogP contribution in [-0.2, 0) is 4.65 Å². The van der Waals surface area contributed by atoms with E-state index in [4.69, 9.17) is 4.65 Å². The summed E-state index contributed by atoms with van der Waals surface area (Å²) in [6.07, 6.45) is 8.30. The molecule has 0 aromatic rings. The average molecular weight is 182 g/mol. The van der Waals surface area contributed by atoms with Crippen LogP contribution in [0, 0.1) is 0 Å². The summed E-state index contributed by atoms with van der Waals surface area (Å²) < 4.78 is 5.64. The van der Waals surface area contributed by atoms with Gasteiger partial charge in [-0.1, -0.05) is 52.4 Å². The molecule has 1 atom stereocenters. The van der Waals surface area contributed by atoms with E-state index in [1.165, 1.54) is 38.5 Å². The van der Waals surface area contributed by atoms with Crippen molar-refractivity contribution in [3.8, 4) is 0 Å². The van der Waals surface area contributed by atoms with Gasteiger partial charge in [0.25, 0.3) is 6.92 Å². The Morgan fingerprint density at radius 1 is 1.31 bits per heavy atom. The van der Waals surface area contributed by atoms with Crippen LogP contribution in [0.2, 0.25) is 11.6 Å². The van der Waals surface area contributed by atoms with E-state index in [2.05, 4.69) is 13.8 Å². The largest absolute Gasteiger partial charge is 0.438 e. The molecule has 1 fully saturated rings. The molecule has 0 N–H and O–H groups in total. The standard InChI is InChI=1S/C11H23BO/c1-4-10(2)12(13-3)11-8-6-5-7-9-11/h10-11H,4-9H2,1-3H3.